The van der Waals surface area contributed by atoms with E-state index in [0.717, 1.165) is 38.5 Å². The quantitative estimate of drug-likeness (QED) is 0.929. The first kappa shape index (κ1) is 13.8. The van der Waals surface area contributed by atoms with Gasteiger partial charge in [-0.3, -0.25) is 9.88 Å². The lowest BCUT2D eigenvalue weighted by Gasteiger charge is -2.35. The number of nitrogens with zero attached hydrogens (tertiary/aromatic N) is 4. The minimum atomic E-state index is 0.712. The fraction of sp³-hybridized carbons (Fsp3) is 0.375. The number of aromatic nitrogens is 2. The predicted molar refractivity (Wildman–Crippen MR) is 85.1 cm³/mol. The SMILES string of the molecule is Cc1cncc(CN2CCN(c3ccc(N)cn3)CC2)c1. The van der Waals surface area contributed by atoms with Crippen LogP contribution in [0.5, 0.6) is 0 Å². The molecule has 0 radical (unpaired) electrons. The molecule has 2 aromatic rings. The van der Waals surface area contributed by atoms with E-state index in [2.05, 4.69) is 32.8 Å². The van der Waals surface area contributed by atoms with Gasteiger partial charge in [-0.1, -0.05) is 6.07 Å². The van der Waals surface area contributed by atoms with Crippen molar-refractivity contribution in [2.75, 3.05) is 36.8 Å². The molecule has 0 spiro atoms. The molecule has 0 atom stereocenters. The minimum Gasteiger partial charge on any atom is -0.397 e. The Morgan fingerprint density at radius 1 is 1.10 bits per heavy atom. The fourth-order valence-electron chi connectivity index (χ4n) is 2.68. The molecule has 3 rings (SSSR count). The summed E-state index contributed by atoms with van der Waals surface area (Å²) in [6.45, 7) is 7.13. The predicted octanol–water partition coefficient (Wildman–Crippen LogP) is 1.69. The number of piperazine rings is 1. The fourth-order valence-corrected chi connectivity index (χ4v) is 2.68. The summed E-state index contributed by atoms with van der Waals surface area (Å²) in [6, 6.07) is 6.11. The van der Waals surface area contributed by atoms with Gasteiger partial charge in [0, 0.05) is 45.1 Å². The van der Waals surface area contributed by atoms with Crippen LogP contribution in [0.15, 0.2) is 36.8 Å². The van der Waals surface area contributed by atoms with Crippen LogP contribution >= 0.6 is 0 Å². The maximum absolute atomic E-state index is 5.68. The van der Waals surface area contributed by atoms with Gasteiger partial charge in [0.25, 0.3) is 0 Å². The standard InChI is InChI=1S/C16H21N5/c1-13-8-14(10-18-9-13)12-20-4-6-21(7-5-20)16-3-2-15(17)11-19-16/h2-3,8-11H,4-7,12,17H2,1H3. The van der Waals surface area contributed by atoms with Gasteiger partial charge in [-0.2, -0.15) is 0 Å². The largest absolute Gasteiger partial charge is 0.397 e. The molecule has 1 fully saturated rings. The number of pyridine rings is 2. The van der Waals surface area contributed by atoms with Crippen molar-refractivity contribution in [2.24, 2.45) is 0 Å². The molecule has 0 bridgehead atoms. The molecule has 1 aliphatic rings. The third-order valence-electron chi connectivity index (χ3n) is 3.80. The Morgan fingerprint density at radius 2 is 1.90 bits per heavy atom. The molecule has 0 saturated carbocycles. The first-order chi connectivity index (χ1) is 10.2. The summed E-state index contributed by atoms with van der Waals surface area (Å²) < 4.78 is 0. The van der Waals surface area contributed by atoms with Gasteiger partial charge in [-0.25, -0.2) is 4.98 Å². The topological polar surface area (TPSA) is 58.3 Å². The average Bonchev–Trinajstić information content (AvgIpc) is 2.49. The second kappa shape index (κ2) is 6.10. The van der Waals surface area contributed by atoms with Crippen LogP contribution in [0, 0.1) is 6.92 Å². The molecular weight excluding hydrogens is 262 g/mol. The van der Waals surface area contributed by atoms with Crippen molar-refractivity contribution in [3.63, 3.8) is 0 Å². The number of hydrogen-bond donors (Lipinski definition) is 1. The first-order valence-corrected chi connectivity index (χ1v) is 7.30. The van der Waals surface area contributed by atoms with Gasteiger partial charge in [-0.15, -0.1) is 0 Å². The number of aryl methyl sites for hydroxylation is 1. The Bertz CT molecular complexity index is 588. The highest BCUT2D eigenvalue weighted by atomic mass is 15.3. The van der Waals surface area contributed by atoms with Gasteiger partial charge < -0.3 is 10.6 Å². The minimum absolute atomic E-state index is 0.712. The Labute approximate surface area is 125 Å². The van der Waals surface area contributed by atoms with Crippen molar-refractivity contribution in [1.82, 2.24) is 14.9 Å². The van der Waals surface area contributed by atoms with E-state index in [0.29, 0.717) is 5.69 Å². The molecule has 3 heterocycles. The normalized spacial score (nSPS) is 16.1. The zero-order valence-electron chi connectivity index (χ0n) is 12.4. The van der Waals surface area contributed by atoms with Gasteiger partial charge in [0.15, 0.2) is 0 Å². The van der Waals surface area contributed by atoms with Crippen molar-refractivity contribution >= 4 is 11.5 Å². The van der Waals surface area contributed by atoms with Crippen LogP contribution in [0.1, 0.15) is 11.1 Å². The highest BCUT2D eigenvalue weighted by Crippen LogP contribution is 2.16. The Morgan fingerprint density at radius 3 is 2.57 bits per heavy atom. The zero-order valence-corrected chi connectivity index (χ0v) is 12.4. The van der Waals surface area contributed by atoms with Crippen molar-refractivity contribution < 1.29 is 0 Å². The number of anilines is 2. The van der Waals surface area contributed by atoms with Gasteiger partial charge in [0.1, 0.15) is 5.82 Å². The van der Waals surface area contributed by atoms with Gasteiger partial charge in [0.2, 0.25) is 0 Å². The molecule has 21 heavy (non-hydrogen) atoms. The van der Waals surface area contributed by atoms with Crippen LogP contribution in [0.4, 0.5) is 11.5 Å². The number of rotatable bonds is 3. The average molecular weight is 283 g/mol. The van der Waals surface area contributed by atoms with Crippen LogP contribution in [-0.2, 0) is 6.54 Å². The second-order valence-electron chi connectivity index (χ2n) is 5.58. The number of nitrogens with two attached hydrogens (primary N) is 1. The molecule has 0 aromatic carbocycles. The van der Waals surface area contributed by atoms with E-state index < -0.39 is 0 Å². The zero-order chi connectivity index (χ0) is 14.7. The van der Waals surface area contributed by atoms with E-state index in [-0.39, 0.29) is 0 Å². The second-order valence-corrected chi connectivity index (χ2v) is 5.58. The third-order valence-corrected chi connectivity index (χ3v) is 3.80. The van der Waals surface area contributed by atoms with Gasteiger partial charge in [-0.05, 0) is 30.2 Å². The summed E-state index contributed by atoms with van der Waals surface area (Å²) >= 11 is 0. The summed E-state index contributed by atoms with van der Waals surface area (Å²) in [4.78, 5) is 13.4. The Kier molecular flexibility index (Phi) is 4.01. The highest BCUT2D eigenvalue weighted by molar-refractivity contribution is 5.46. The summed E-state index contributed by atoms with van der Waals surface area (Å²) in [5.41, 5.74) is 8.90. The van der Waals surface area contributed by atoms with E-state index >= 15 is 0 Å². The lowest BCUT2D eigenvalue weighted by molar-refractivity contribution is 0.249. The van der Waals surface area contributed by atoms with Crippen LogP contribution in [-0.4, -0.2) is 41.0 Å². The number of nitrogen functional groups attached to an aromatic ring is 1. The molecule has 2 aromatic heterocycles. The number of hydrogen-bond acceptors (Lipinski definition) is 5. The van der Waals surface area contributed by atoms with E-state index in [4.69, 9.17) is 5.73 Å². The molecule has 5 nitrogen and oxygen atoms in total. The Balaban J connectivity index is 1.56. The monoisotopic (exact) mass is 283 g/mol. The summed E-state index contributed by atoms with van der Waals surface area (Å²) in [6.07, 6.45) is 5.58. The third kappa shape index (κ3) is 3.49. The van der Waals surface area contributed by atoms with Crippen LogP contribution in [0.3, 0.4) is 0 Å². The molecule has 110 valence electrons. The van der Waals surface area contributed by atoms with Crippen LogP contribution in [0.25, 0.3) is 0 Å². The highest BCUT2D eigenvalue weighted by Gasteiger charge is 2.18. The van der Waals surface area contributed by atoms with Gasteiger partial charge >= 0.3 is 0 Å². The van der Waals surface area contributed by atoms with Crippen molar-refractivity contribution in [3.05, 3.63) is 47.9 Å². The van der Waals surface area contributed by atoms with E-state index in [1.165, 1.54) is 11.1 Å². The lowest BCUT2D eigenvalue weighted by Crippen LogP contribution is -2.46. The summed E-state index contributed by atoms with van der Waals surface area (Å²) in [5.74, 6) is 1.01. The lowest BCUT2D eigenvalue weighted by atomic mass is 10.2. The van der Waals surface area contributed by atoms with Crippen molar-refractivity contribution in [1.29, 1.82) is 0 Å². The molecule has 0 unspecified atom stereocenters. The van der Waals surface area contributed by atoms with Crippen LogP contribution in [0.2, 0.25) is 0 Å². The maximum Gasteiger partial charge on any atom is 0.128 e. The molecule has 1 aliphatic heterocycles. The molecule has 5 heteroatoms. The van der Waals surface area contributed by atoms with Crippen molar-refractivity contribution in [2.45, 2.75) is 13.5 Å². The van der Waals surface area contributed by atoms with Gasteiger partial charge in [0.05, 0.1) is 11.9 Å². The smallest absolute Gasteiger partial charge is 0.128 e. The van der Waals surface area contributed by atoms with E-state index in [9.17, 15) is 0 Å². The van der Waals surface area contributed by atoms with E-state index in [1.807, 2.05) is 24.5 Å². The molecule has 0 aliphatic carbocycles. The molecule has 2 N–H and O–H groups in total. The Hall–Kier alpha value is -2.14. The first-order valence-electron chi connectivity index (χ1n) is 7.30. The maximum atomic E-state index is 5.68. The summed E-state index contributed by atoms with van der Waals surface area (Å²) in [7, 11) is 0. The van der Waals surface area contributed by atoms with Crippen LogP contribution < -0.4 is 10.6 Å². The summed E-state index contributed by atoms with van der Waals surface area (Å²) in [5, 5.41) is 0. The molecule has 1 saturated heterocycles. The molecule has 0 amide bonds. The van der Waals surface area contributed by atoms with Crippen molar-refractivity contribution in [3.8, 4) is 0 Å². The molecular formula is C16H21N5. The van der Waals surface area contributed by atoms with E-state index in [1.54, 1.807) is 6.20 Å².